The Morgan fingerprint density at radius 2 is 1.82 bits per heavy atom. The van der Waals surface area contributed by atoms with Crippen LogP contribution in [-0.4, -0.2) is 0 Å². The minimum Gasteiger partial charge on any atom is -0.202 e. The number of hydrogen-bond donors (Lipinski definition) is 0. The Hall–Kier alpha value is -1.44. The van der Waals surface area contributed by atoms with Gasteiger partial charge in [0.05, 0.1) is 0 Å². The summed E-state index contributed by atoms with van der Waals surface area (Å²) < 4.78 is 26.0. The molecule has 0 saturated heterocycles. The zero-order valence-electron chi connectivity index (χ0n) is 10.1. The van der Waals surface area contributed by atoms with E-state index in [4.69, 9.17) is 0 Å². The van der Waals surface area contributed by atoms with Crippen molar-refractivity contribution in [1.29, 1.82) is 0 Å². The number of halogens is 2. The van der Waals surface area contributed by atoms with Gasteiger partial charge >= 0.3 is 0 Å². The van der Waals surface area contributed by atoms with Gasteiger partial charge in [-0.05, 0) is 24.8 Å². The van der Waals surface area contributed by atoms with Crippen LogP contribution in [0.4, 0.5) is 8.78 Å². The topological polar surface area (TPSA) is 0 Å². The van der Waals surface area contributed by atoms with Gasteiger partial charge in [-0.1, -0.05) is 48.1 Å². The van der Waals surface area contributed by atoms with Crippen molar-refractivity contribution in [3.05, 3.63) is 59.2 Å². The van der Waals surface area contributed by atoms with Crippen LogP contribution in [-0.2, 0) is 12.3 Å². The van der Waals surface area contributed by atoms with Crippen LogP contribution in [0.5, 0.6) is 0 Å². The van der Waals surface area contributed by atoms with E-state index < -0.39 is 5.92 Å². The Kier molecular flexibility index (Phi) is 3.14. The highest BCUT2D eigenvalue weighted by atomic mass is 19.3. The standard InChI is InChI=1S/C15H16F2/c1-11-3-4-13(9-11)10-12-5-7-14(8-6-12)15(2,16)17/h3-9,13H,10H2,1-2H3. The molecular formula is C15H16F2. The van der Waals surface area contributed by atoms with Crippen LogP contribution in [0.3, 0.4) is 0 Å². The van der Waals surface area contributed by atoms with Crippen LogP contribution in [0.1, 0.15) is 25.0 Å². The number of rotatable bonds is 3. The third-order valence-electron chi connectivity index (χ3n) is 3.02. The third kappa shape index (κ3) is 3.02. The van der Waals surface area contributed by atoms with Crippen molar-refractivity contribution in [1.82, 2.24) is 0 Å². The van der Waals surface area contributed by atoms with Gasteiger partial charge in [0.1, 0.15) is 0 Å². The van der Waals surface area contributed by atoms with E-state index in [9.17, 15) is 8.78 Å². The lowest BCUT2D eigenvalue weighted by Crippen LogP contribution is -2.07. The number of allylic oxidation sites excluding steroid dienone is 4. The monoisotopic (exact) mass is 234 g/mol. The quantitative estimate of drug-likeness (QED) is 0.723. The van der Waals surface area contributed by atoms with Crippen LogP contribution in [0, 0.1) is 5.92 Å². The molecule has 1 unspecified atom stereocenters. The lowest BCUT2D eigenvalue weighted by atomic mass is 9.98. The molecule has 1 aliphatic rings. The molecule has 1 aliphatic carbocycles. The van der Waals surface area contributed by atoms with Crippen molar-refractivity contribution in [3.8, 4) is 0 Å². The molecule has 0 aliphatic heterocycles. The lowest BCUT2D eigenvalue weighted by molar-refractivity contribution is 0.0174. The zero-order chi connectivity index (χ0) is 12.5. The molecule has 0 heterocycles. The first-order valence-electron chi connectivity index (χ1n) is 5.79. The first-order valence-corrected chi connectivity index (χ1v) is 5.79. The van der Waals surface area contributed by atoms with Crippen molar-refractivity contribution in [2.75, 3.05) is 0 Å². The number of benzene rings is 1. The van der Waals surface area contributed by atoms with Crippen LogP contribution in [0.2, 0.25) is 0 Å². The average Bonchev–Trinajstić information content (AvgIpc) is 2.63. The normalized spacial score (nSPS) is 19.5. The molecule has 90 valence electrons. The fourth-order valence-corrected chi connectivity index (χ4v) is 2.06. The molecule has 2 rings (SSSR count). The van der Waals surface area contributed by atoms with Gasteiger partial charge in [-0.2, -0.15) is 0 Å². The minimum atomic E-state index is -2.75. The van der Waals surface area contributed by atoms with Crippen molar-refractivity contribution in [2.24, 2.45) is 5.92 Å². The summed E-state index contributed by atoms with van der Waals surface area (Å²) in [6, 6.07) is 6.62. The molecule has 0 radical (unpaired) electrons. The largest absolute Gasteiger partial charge is 0.270 e. The summed E-state index contributed by atoms with van der Waals surface area (Å²) in [6.07, 6.45) is 7.32. The molecule has 1 atom stereocenters. The second kappa shape index (κ2) is 4.44. The van der Waals surface area contributed by atoms with Crippen LogP contribution < -0.4 is 0 Å². The zero-order valence-corrected chi connectivity index (χ0v) is 10.1. The maximum absolute atomic E-state index is 13.0. The van der Waals surface area contributed by atoms with E-state index in [1.54, 1.807) is 12.1 Å². The van der Waals surface area contributed by atoms with Gasteiger partial charge < -0.3 is 0 Å². The fraction of sp³-hybridized carbons (Fsp3) is 0.333. The van der Waals surface area contributed by atoms with E-state index >= 15 is 0 Å². The van der Waals surface area contributed by atoms with E-state index in [1.807, 2.05) is 0 Å². The molecular weight excluding hydrogens is 218 g/mol. The Bertz CT molecular complexity index is 447. The highest BCUT2D eigenvalue weighted by Gasteiger charge is 2.23. The average molecular weight is 234 g/mol. The second-order valence-corrected chi connectivity index (χ2v) is 4.72. The molecule has 0 bridgehead atoms. The van der Waals surface area contributed by atoms with Crippen LogP contribution >= 0.6 is 0 Å². The van der Waals surface area contributed by atoms with Crippen LogP contribution in [0.25, 0.3) is 0 Å². The van der Waals surface area contributed by atoms with Crippen molar-refractivity contribution in [2.45, 2.75) is 26.2 Å². The molecule has 1 aromatic rings. The third-order valence-corrected chi connectivity index (χ3v) is 3.02. The SMILES string of the molecule is CC1=CC(Cc2ccc(C(C)(F)F)cc2)C=C1. The molecule has 0 saturated carbocycles. The van der Waals surface area contributed by atoms with Gasteiger partial charge in [0, 0.05) is 12.5 Å². The van der Waals surface area contributed by atoms with Gasteiger partial charge in [-0.3, -0.25) is 0 Å². The van der Waals surface area contributed by atoms with Gasteiger partial charge in [0.2, 0.25) is 0 Å². The maximum Gasteiger partial charge on any atom is 0.270 e. The molecule has 0 amide bonds. The number of hydrogen-bond acceptors (Lipinski definition) is 0. The maximum atomic E-state index is 13.0. The molecule has 0 fully saturated rings. The lowest BCUT2D eigenvalue weighted by Gasteiger charge is -2.11. The fourth-order valence-electron chi connectivity index (χ4n) is 2.06. The Morgan fingerprint density at radius 3 is 2.29 bits per heavy atom. The smallest absolute Gasteiger partial charge is 0.202 e. The molecule has 0 N–H and O–H groups in total. The molecule has 17 heavy (non-hydrogen) atoms. The Balaban J connectivity index is 2.07. The van der Waals surface area contributed by atoms with Crippen molar-refractivity contribution >= 4 is 0 Å². The van der Waals surface area contributed by atoms with Crippen molar-refractivity contribution < 1.29 is 8.78 Å². The number of alkyl halides is 2. The highest BCUT2D eigenvalue weighted by molar-refractivity contribution is 5.31. The second-order valence-electron chi connectivity index (χ2n) is 4.72. The molecule has 1 aromatic carbocycles. The first kappa shape index (κ1) is 12.0. The van der Waals surface area contributed by atoms with Gasteiger partial charge in [-0.15, -0.1) is 0 Å². The predicted octanol–water partition coefficient (Wildman–Crippen LogP) is 4.47. The van der Waals surface area contributed by atoms with Crippen molar-refractivity contribution in [3.63, 3.8) is 0 Å². The Labute approximate surface area is 101 Å². The minimum absolute atomic E-state index is 0.0786. The predicted molar refractivity (Wildman–Crippen MR) is 66.1 cm³/mol. The van der Waals surface area contributed by atoms with Gasteiger partial charge in [-0.25, -0.2) is 8.78 Å². The van der Waals surface area contributed by atoms with Gasteiger partial charge in [0.15, 0.2) is 0 Å². The molecule has 0 aromatic heterocycles. The van der Waals surface area contributed by atoms with E-state index in [2.05, 4.69) is 25.2 Å². The van der Waals surface area contributed by atoms with E-state index in [1.165, 1.54) is 17.7 Å². The summed E-state index contributed by atoms with van der Waals surface area (Å²) in [5.41, 5.74) is 2.44. The first-order chi connectivity index (χ1) is 7.95. The summed E-state index contributed by atoms with van der Waals surface area (Å²) in [6.45, 7) is 2.99. The summed E-state index contributed by atoms with van der Waals surface area (Å²) in [5, 5.41) is 0. The van der Waals surface area contributed by atoms with E-state index in [-0.39, 0.29) is 5.56 Å². The summed E-state index contributed by atoms with van der Waals surface area (Å²) in [7, 11) is 0. The summed E-state index contributed by atoms with van der Waals surface area (Å²) in [5.74, 6) is -2.34. The van der Waals surface area contributed by atoms with E-state index in [0.717, 1.165) is 18.9 Å². The summed E-state index contributed by atoms with van der Waals surface area (Å²) >= 11 is 0. The van der Waals surface area contributed by atoms with Gasteiger partial charge in [0.25, 0.3) is 5.92 Å². The Morgan fingerprint density at radius 1 is 1.18 bits per heavy atom. The molecule has 2 heteroatoms. The molecule has 0 spiro atoms. The summed E-state index contributed by atoms with van der Waals surface area (Å²) in [4.78, 5) is 0. The van der Waals surface area contributed by atoms with E-state index in [0.29, 0.717) is 5.92 Å². The highest BCUT2D eigenvalue weighted by Crippen LogP contribution is 2.27. The molecule has 0 nitrogen and oxygen atoms in total. The van der Waals surface area contributed by atoms with Crippen LogP contribution in [0.15, 0.2) is 48.1 Å².